The Balaban J connectivity index is 2.57. The van der Waals surface area contributed by atoms with Gasteiger partial charge in [-0.15, -0.1) is 0 Å². The smallest absolute Gasteiger partial charge is 0.0640 e. The molecule has 0 saturated heterocycles. The molecule has 3 nitrogen and oxygen atoms in total. The molecule has 0 spiro atoms. The number of rotatable bonds is 5. The number of hydrogen-bond acceptors (Lipinski definition) is 3. The Morgan fingerprint density at radius 1 is 1.20 bits per heavy atom. The maximum Gasteiger partial charge on any atom is 0.0640 e. The third kappa shape index (κ3) is 4.06. The summed E-state index contributed by atoms with van der Waals surface area (Å²) in [4.78, 5) is 10.1. The third-order valence-electron chi connectivity index (χ3n) is 2.16. The van der Waals surface area contributed by atoms with Crippen LogP contribution in [-0.4, -0.2) is 25.5 Å². The highest BCUT2D eigenvalue weighted by Gasteiger charge is 2.13. The molecule has 1 atom stereocenters. The van der Waals surface area contributed by atoms with E-state index in [0.717, 1.165) is 6.42 Å². The molecule has 1 rings (SSSR count). The van der Waals surface area contributed by atoms with E-state index in [-0.39, 0.29) is 6.04 Å². The Kier molecular flexibility index (Phi) is 5.52. The van der Waals surface area contributed by atoms with Crippen LogP contribution in [0.25, 0.3) is 0 Å². The molecule has 1 aromatic rings. The summed E-state index contributed by atoms with van der Waals surface area (Å²) in [6.45, 7) is 2.06. The first-order valence-corrected chi connectivity index (χ1v) is 5.87. The number of halogens is 1. The van der Waals surface area contributed by atoms with Crippen LogP contribution in [0.3, 0.4) is 0 Å². The monoisotopic (exact) mass is 321 g/mol. The third-order valence-corrected chi connectivity index (χ3v) is 2.88. The van der Waals surface area contributed by atoms with Crippen molar-refractivity contribution >= 4 is 22.6 Å². The number of hydrogen-bond donors (Lipinski definition) is 0. The highest BCUT2D eigenvalue weighted by Crippen LogP contribution is 2.11. The number of nitrogens with zero attached hydrogens (tertiary/aromatic N) is 1. The van der Waals surface area contributed by atoms with Crippen molar-refractivity contribution in [1.29, 1.82) is 0 Å². The van der Waals surface area contributed by atoms with Crippen LogP contribution in [-0.2, 0) is 16.1 Å². The standard InChI is InChI=1S/C11H16INO2/c1-9(13(14-2)15-3)8-10-4-6-11(12)7-5-10/h4-7,9H,8H2,1-3H3. The topological polar surface area (TPSA) is 21.7 Å². The normalized spacial score (nSPS) is 13.1. The molecule has 0 bridgehead atoms. The van der Waals surface area contributed by atoms with Crippen LogP contribution >= 0.6 is 22.6 Å². The van der Waals surface area contributed by atoms with E-state index >= 15 is 0 Å². The lowest BCUT2D eigenvalue weighted by Crippen LogP contribution is -2.32. The maximum atomic E-state index is 5.07. The van der Waals surface area contributed by atoms with Crippen molar-refractivity contribution in [3.8, 4) is 0 Å². The summed E-state index contributed by atoms with van der Waals surface area (Å²) in [7, 11) is 3.21. The molecule has 0 amide bonds. The maximum absolute atomic E-state index is 5.07. The summed E-state index contributed by atoms with van der Waals surface area (Å²) in [5.74, 6) is 0. The lowest BCUT2D eigenvalue weighted by Gasteiger charge is -2.23. The second-order valence-corrected chi connectivity index (χ2v) is 4.58. The number of benzene rings is 1. The molecular weight excluding hydrogens is 305 g/mol. The van der Waals surface area contributed by atoms with Gasteiger partial charge in [0.2, 0.25) is 0 Å². The molecule has 15 heavy (non-hydrogen) atoms. The van der Waals surface area contributed by atoms with Crippen molar-refractivity contribution in [1.82, 2.24) is 5.23 Å². The second kappa shape index (κ2) is 6.42. The molecule has 0 fully saturated rings. The molecule has 4 heteroatoms. The van der Waals surface area contributed by atoms with Crippen LogP contribution < -0.4 is 0 Å². The van der Waals surface area contributed by atoms with Gasteiger partial charge in [0, 0.05) is 3.57 Å². The van der Waals surface area contributed by atoms with Crippen molar-refractivity contribution in [2.45, 2.75) is 19.4 Å². The van der Waals surface area contributed by atoms with Gasteiger partial charge in [-0.25, -0.2) is 0 Å². The summed E-state index contributed by atoms with van der Waals surface area (Å²) in [6.07, 6.45) is 0.901. The molecule has 0 saturated carbocycles. The molecule has 0 aromatic heterocycles. The highest BCUT2D eigenvalue weighted by molar-refractivity contribution is 14.1. The Labute approximate surface area is 104 Å². The first-order chi connectivity index (χ1) is 7.17. The minimum absolute atomic E-state index is 0.195. The molecule has 1 aromatic carbocycles. The van der Waals surface area contributed by atoms with E-state index in [1.165, 1.54) is 14.4 Å². The van der Waals surface area contributed by atoms with Gasteiger partial charge >= 0.3 is 0 Å². The van der Waals surface area contributed by atoms with Crippen molar-refractivity contribution in [2.24, 2.45) is 0 Å². The molecular formula is C11H16INO2. The molecule has 0 aliphatic carbocycles. The van der Waals surface area contributed by atoms with Gasteiger partial charge in [-0.05, 0) is 53.6 Å². The van der Waals surface area contributed by atoms with E-state index in [1.54, 1.807) is 14.2 Å². The SMILES string of the molecule is CON(OC)C(C)Cc1ccc(I)cc1. The summed E-state index contributed by atoms with van der Waals surface area (Å²) in [5.41, 5.74) is 1.28. The molecule has 0 N–H and O–H groups in total. The van der Waals surface area contributed by atoms with Crippen molar-refractivity contribution < 1.29 is 9.68 Å². The summed E-state index contributed by atoms with van der Waals surface area (Å²) in [6, 6.07) is 8.66. The minimum Gasteiger partial charge on any atom is -0.277 e. The van der Waals surface area contributed by atoms with Crippen molar-refractivity contribution in [3.05, 3.63) is 33.4 Å². The quantitative estimate of drug-likeness (QED) is 0.615. The molecule has 84 valence electrons. The highest BCUT2D eigenvalue weighted by atomic mass is 127. The predicted octanol–water partition coefficient (Wildman–Crippen LogP) is 2.65. The lowest BCUT2D eigenvalue weighted by atomic mass is 10.1. The van der Waals surface area contributed by atoms with Gasteiger partial charge in [0.25, 0.3) is 0 Å². The van der Waals surface area contributed by atoms with E-state index in [0.29, 0.717) is 0 Å². The van der Waals surface area contributed by atoms with E-state index in [2.05, 4.69) is 53.8 Å². The van der Waals surface area contributed by atoms with Crippen LogP contribution in [0.4, 0.5) is 0 Å². The summed E-state index contributed by atoms with van der Waals surface area (Å²) < 4.78 is 1.25. The van der Waals surface area contributed by atoms with E-state index in [1.807, 2.05) is 0 Å². The van der Waals surface area contributed by atoms with E-state index in [9.17, 15) is 0 Å². The number of hydroxylamine groups is 2. The van der Waals surface area contributed by atoms with E-state index in [4.69, 9.17) is 9.68 Å². The zero-order valence-electron chi connectivity index (χ0n) is 9.24. The van der Waals surface area contributed by atoms with Crippen LogP contribution in [0.15, 0.2) is 24.3 Å². The van der Waals surface area contributed by atoms with Crippen LogP contribution in [0.2, 0.25) is 0 Å². The Hall–Kier alpha value is -0.170. The Morgan fingerprint density at radius 2 is 1.73 bits per heavy atom. The summed E-state index contributed by atoms with van der Waals surface area (Å²) >= 11 is 2.30. The zero-order valence-corrected chi connectivity index (χ0v) is 11.4. The fourth-order valence-electron chi connectivity index (χ4n) is 1.47. The van der Waals surface area contributed by atoms with Gasteiger partial charge in [0.05, 0.1) is 20.3 Å². The Bertz CT molecular complexity index is 285. The van der Waals surface area contributed by atoms with Gasteiger partial charge in [0.1, 0.15) is 0 Å². The summed E-state index contributed by atoms with van der Waals surface area (Å²) in [5, 5.41) is 1.50. The molecule has 1 unspecified atom stereocenters. The van der Waals surface area contributed by atoms with Gasteiger partial charge in [0.15, 0.2) is 0 Å². The van der Waals surface area contributed by atoms with Crippen LogP contribution in [0.5, 0.6) is 0 Å². The second-order valence-electron chi connectivity index (χ2n) is 3.33. The first kappa shape index (κ1) is 12.9. The van der Waals surface area contributed by atoms with Gasteiger partial charge in [-0.3, -0.25) is 9.68 Å². The average Bonchev–Trinajstić information content (AvgIpc) is 2.23. The lowest BCUT2D eigenvalue weighted by molar-refractivity contribution is -0.361. The zero-order chi connectivity index (χ0) is 11.3. The van der Waals surface area contributed by atoms with Crippen molar-refractivity contribution in [3.63, 3.8) is 0 Å². The molecule has 0 aliphatic heterocycles. The molecule has 0 heterocycles. The fraction of sp³-hybridized carbons (Fsp3) is 0.455. The molecule has 0 aliphatic rings. The van der Waals surface area contributed by atoms with Crippen LogP contribution in [0.1, 0.15) is 12.5 Å². The average molecular weight is 321 g/mol. The van der Waals surface area contributed by atoms with E-state index < -0.39 is 0 Å². The minimum atomic E-state index is 0.195. The van der Waals surface area contributed by atoms with Gasteiger partial charge in [-0.1, -0.05) is 17.4 Å². The van der Waals surface area contributed by atoms with Gasteiger partial charge < -0.3 is 0 Å². The fourth-order valence-corrected chi connectivity index (χ4v) is 1.83. The predicted molar refractivity (Wildman–Crippen MR) is 68.2 cm³/mol. The first-order valence-electron chi connectivity index (χ1n) is 4.79. The van der Waals surface area contributed by atoms with Gasteiger partial charge in [-0.2, -0.15) is 0 Å². The van der Waals surface area contributed by atoms with Crippen LogP contribution in [0, 0.1) is 3.57 Å². The Morgan fingerprint density at radius 3 is 2.20 bits per heavy atom. The van der Waals surface area contributed by atoms with Crippen molar-refractivity contribution in [2.75, 3.05) is 14.2 Å². The largest absolute Gasteiger partial charge is 0.277 e. The molecule has 0 radical (unpaired) electrons.